The summed E-state index contributed by atoms with van der Waals surface area (Å²) in [6, 6.07) is 8.72. The van der Waals surface area contributed by atoms with Crippen LogP contribution in [0.5, 0.6) is 0 Å². The monoisotopic (exact) mass is 333 g/mol. The van der Waals surface area contributed by atoms with Crippen molar-refractivity contribution in [3.63, 3.8) is 0 Å². The van der Waals surface area contributed by atoms with Gasteiger partial charge < -0.3 is 15.7 Å². The van der Waals surface area contributed by atoms with Gasteiger partial charge in [0.1, 0.15) is 0 Å². The standard InChI is InChI=1S/C19H31N3O2/c1-14-5-4-6-17(11-14)12-22-9-7-18(8-10-22)21-19(24)20-16(3)15(2)13-23/h4-6,11,15-16,18,23H,7-10,12-13H2,1-3H3,(H2,20,21,24). The predicted octanol–water partition coefficient (Wildman–Crippen LogP) is 2.28. The van der Waals surface area contributed by atoms with Crippen LogP contribution < -0.4 is 10.6 Å². The summed E-state index contributed by atoms with van der Waals surface area (Å²) in [4.78, 5) is 14.5. The molecule has 2 atom stereocenters. The van der Waals surface area contributed by atoms with Crippen LogP contribution in [0.4, 0.5) is 4.79 Å². The van der Waals surface area contributed by atoms with Gasteiger partial charge in [-0.05, 0) is 38.2 Å². The Labute approximate surface area is 145 Å². The number of rotatable bonds is 6. The van der Waals surface area contributed by atoms with E-state index in [1.54, 1.807) is 0 Å². The molecule has 2 unspecified atom stereocenters. The third-order valence-electron chi connectivity index (χ3n) is 4.91. The molecule has 5 nitrogen and oxygen atoms in total. The van der Waals surface area contributed by atoms with Gasteiger partial charge in [0.05, 0.1) is 0 Å². The Hall–Kier alpha value is -1.59. The highest BCUT2D eigenvalue weighted by molar-refractivity contribution is 5.74. The maximum Gasteiger partial charge on any atom is 0.315 e. The number of urea groups is 1. The minimum absolute atomic E-state index is 0.0311. The van der Waals surface area contributed by atoms with Crippen LogP contribution in [0.2, 0.25) is 0 Å². The molecule has 1 aromatic rings. The number of likely N-dealkylation sites (tertiary alicyclic amines) is 1. The van der Waals surface area contributed by atoms with Crippen LogP contribution in [0.25, 0.3) is 0 Å². The predicted molar refractivity (Wildman–Crippen MR) is 96.9 cm³/mol. The molecule has 134 valence electrons. The minimum Gasteiger partial charge on any atom is -0.396 e. The summed E-state index contributed by atoms with van der Waals surface area (Å²) < 4.78 is 0. The summed E-state index contributed by atoms with van der Waals surface area (Å²) in [5.74, 6) is 0.0620. The molecular formula is C19H31N3O2. The van der Waals surface area contributed by atoms with Crippen molar-refractivity contribution in [1.82, 2.24) is 15.5 Å². The number of aryl methyl sites for hydroxylation is 1. The van der Waals surface area contributed by atoms with E-state index in [0.29, 0.717) is 0 Å². The number of hydrogen-bond donors (Lipinski definition) is 3. The van der Waals surface area contributed by atoms with E-state index in [1.807, 2.05) is 13.8 Å². The fraction of sp³-hybridized carbons (Fsp3) is 0.632. The Morgan fingerprint density at radius 1 is 1.33 bits per heavy atom. The molecule has 5 heteroatoms. The first-order chi connectivity index (χ1) is 11.5. The number of aliphatic hydroxyl groups excluding tert-OH is 1. The Balaban J connectivity index is 1.71. The third kappa shape index (κ3) is 5.80. The number of nitrogens with one attached hydrogen (secondary N) is 2. The molecule has 24 heavy (non-hydrogen) atoms. The molecule has 2 rings (SSSR count). The van der Waals surface area contributed by atoms with E-state index in [4.69, 9.17) is 5.11 Å². The molecule has 1 aliphatic heterocycles. The van der Waals surface area contributed by atoms with Gasteiger partial charge in [-0.25, -0.2) is 4.79 Å². The summed E-state index contributed by atoms with van der Waals surface area (Å²) in [6.45, 7) is 9.03. The molecule has 2 amide bonds. The molecule has 0 aromatic heterocycles. The zero-order valence-electron chi connectivity index (χ0n) is 15.1. The molecule has 0 bridgehead atoms. The fourth-order valence-corrected chi connectivity index (χ4v) is 3.04. The van der Waals surface area contributed by atoms with Crippen LogP contribution in [-0.2, 0) is 6.54 Å². The average Bonchev–Trinajstić information content (AvgIpc) is 2.55. The average molecular weight is 333 g/mol. The zero-order chi connectivity index (χ0) is 17.5. The third-order valence-corrected chi connectivity index (χ3v) is 4.91. The van der Waals surface area contributed by atoms with Crippen molar-refractivity contribution < 1.29 is 9.90 Å². The fourth-order valence-electron chi connectivity index (χ4n) is 3.04. The van der Waals surface area contributed by atoms with Gasteiger partial charge in [0.25, 0.3) is 0 Å². The van der Waals surface area contributed by atoms with Gasteiger partial charge in [-0.15, -0.1) is 0 Å². The molecular weight excluding hydrogens is 302 g/mol. The molecule has 1 fully saturated rings. The van der Waals surface area contributed by atoms with Gasteiger partial charge in [-0.3, -0.25) is 4.90 Å². The highest BCUT2D eigenvalue weighted by Gasteiger charge is 2.22. The summed E-state index contributed by atoms with van der Waals surface area (Å²) >= 11 is 0. The van der Waals surface area contributed by atoms with Crippen LogP contribution in [0, 0.1) is 12.8 Å². The van der Waals surface area contributed by atoms with Gasteiger partial charge >= 0.3 is 6.03 Å². The van der Waals surface area contributed by atoms with Gasteiger partial charge in [-0.2, -0.15) is 0 Å². The van der Waals surface area contributed by atoms with Gasteiger partial charge in [0, 0.05) is 38.3 Å². The number of piperidine rings is 1. The Morgan fingerprint density at radius 3 is 2.67 bits per heavy atom. The van der Waals surface area contributed by atoms with Crippen molar-refractivity contribution in [2.45, 2.75) is 52.2 Å². The zero-order valence-corrected chi connectivity index (χ0v) is 15.1. The van der Waals surface area contributed by atoms with E-state index in [9.17, 15) is 4.79 Å². The van der Waals surface area contributed by atoms with E-state index in [2.05, 4.69) is 46.7 Å². The van der Waals surface area contributed by atoms with Crippen molar-refractivity contribution in [3.8, 4) is 0 Å². The topological polar surface area (TPSA) is 64.6 Å². The number of carbonyl (C=O) groups excluding carboxylic acids is 1. The van der Waals surface area contributed by atoms with Gasteiger partial charge in [0.15, 0.2) is 0 Å². The summed E-state index contributed by atoms with van der Waals surface area (Å²) in [5.41, 5.74) is 2.65. The van der Waals surface area contributed by atoms with Gasteiger partial charge in [-0.1, -0.05) is 36.8 Å². The van der Waals surface area contributed by atoms with Crippen LogP contribution >= 0.6 is 0 Å². The number of amides is 2. The smallest absolute Gasteiger partial charge is 0.315 e. The molecule has 1 heterocycles. The number of benzene rings is 1. The number of nitrogens with zero attached hydrogens (tertiary/aromatic N) is 1. The summed E-state index contributed by atoms with van der Waals surface area (Å²) in [7, 11) is 0. The Morgan fingerprint density at radius 2 is 2.04 bits per heavy atom. The highest BCUT2D eigenvalue weighted by atomic mass is 16.3. The van der Waals surface area contributed by atoms with Crippen molar-refractivity contribution in [2.75, 3.05) is 19.7 Å². The number of aliphatic hydroxyl groups is 1. The lowest BCUT2D eigenvalue weighted by molar-refractivity contribution is 0.179. The number of carbonyl (C=O) groups is 1. The maximum atomic E-state index is 12.0. The molecule has 0 radical (unpaired) electrons. The lowest BCUT2D eigenvalue weighted by Crippen LogP contribution is -2.50. The largest absolute Gasteiger partial charge is 0.396 e. The van der Waals surface area contributed by atoms with Crippen LogP contribution in [-0.4, -0.2) is 47.8 Å². The van der Waals surface area contributed by atoms with Crippen LogP contribution in [0.1, 0.15) is 37.8 Å². The van der Waals surface area contributed by atoms with Crippen molar-refractivity contribution in [1.29, 1.82) is 0 Å². The van der Waals surface area contributed by atoms with E-state index < -0.39 is 0 Å². The van der Waals surface area contributed by atoms with E-state index in [0.717, 1.165) is 32.5 Å². The normalized spacial score (nSPS) is 18.8. The van der Waals surface area contributed by atoms with E-state index >= 15 is 0 Å². The lowest BCUT2D eigenvalue weighted by Gasteiger charge is -2.33. The van der Waals surface area contributed by atoms with Crippen molar-refractivity contribution in [2.24, 2.45) is 5.92 Å². The molecule has 1 aromatic carbocycles. The Kier molecular flexibility index (Phi) is 7.06. The van der Waals surface area contributed by atoms with Gasteiger partial charge in [0.2, 0.25) is 0 Å². The lowest BCUT2D eigenvalue weighted by atomic mass is 10.0. The second kappa shape index (κ2) is 9.04. The first kappa shape index (κ1) is 18.7. The van der Waals surface area contributed by atoms with Crippen LogP contribution in [0.3, 0.4) is 0 Å². The second-order valence-corrected chi connectivity index (χ2v) is 7.11. The first-order valence-corrected chi connectivity index (χ1v) is 8.93. The quantitative estimate of drug-likeness (QED) is 0.748. The second-order valence-electron chi connectivity index (χ2n) is 7.11. The molecule has 0 aliphatic carbocycles. The van der Waals surface area contributed by atoms with Crippen LogP contribution in [0.15, 0.2) is 24.3 Å². The van der Waals surface area contributed by atoms with E-state index in [-0.39, 0.29) is 30.6 Å². The Bertz CT molecular complexity index is 527. The molecule has 1 saturated heterocycles. The highest BCUT2D eigenvalue weighted by Crippen LogP contribution is 2.14. The first-order valence-electron chi connectivity index (χ1n) is 8.93. The number of hydrogen-bond acceptors (Lipinski definition) is 3. The summed E-state index contributed by atoms with van der Waals surface area (Å²) in [5, 5.41) is 15.1. The van der Waals surface area contributed by atoms with Crippen molar-refractivity contribution >= 4 is 6.03 Å². The molecule has 1 aliphatic rings. The molecule has 0 spiro atoms. The minimum atomic E-state index is -0.125. The van der Waals surface area contributed by atoms with E-state index in [1.165, 1.54) is 11.1 Å². The maximum absolute atomic E-state index is 12.0. The van der Waals surface area contributed by atoms with Crippen molar-refractivity contribution in [3.05, 3.63) is 35.4 Å². The molecule has 0 saturated carbocycles. The molecule has 3 N–H and O–H groups in total. The summed E-state index contributed by atoms with van der Waals surface area (Å²) in [6.07, 6.45) is 1.95. The SMILES string of the molecule is Cc1cccc(CN2CCC(NC(=O)NC(C)C(C)CO)CC2)c1.